The van der Waals surface area contributed by atoms with Crippen LogP contribution in [0.5, 0.6) is 5.75 Å². The van der Waals surface area contributed by atoms with Gasteiger partial charge < -0.3 is 9.90 Å². The van der Waals surface area contributed by atoms with E-state index in [1.807, 2.05) is 51.8 Å². The van der Waals surface area contributed by atoms with Crippen LogP contribution in [0.1, 0.15) is 30.5 Å². The summed E-state index contributed by atoms with van der Waals surface area (Å²) in [6.07, 6.45) is 0. The second-order valence-electron chi connectivity index (χ2n) is 5.14. The minimum absolute atomic E-state index is 0.330. The van der Waals surface area contributed by atoms with E-state index in [0.29, 0.717) is 5.75 Å². The molecule has 0 aromatic heterocycles. The Morgan fingerprint density at radius 2 is 1.25 bits per heavy atom. The van der Waals surface area contributed by atoms with Crippen LogP contribution in [0.3, 0.4) is 0 Å². The molecule has 0 aliphatic heterocycles. The van der Waals surface area contributed by atoms with Crippen molar-refractivity contribution in [1.82, 2.24) is 0 Å². The fourth-order valence-electron chi connectivity index (χ4n) is 2.05. The largest absolute Gasteiger partial charge is 0.508 e. The highest BCUT2D eigenvalue weighted by Gasteiger charge is 1.96. The van der Waals surface area contributed by atoms with Gasteiger partial charge in [-0.2, -0.15) is 0 Å². The van der Waals surface area contributed by atoms with Crippen LogP contribution in [-0.4, -0.2) is 11.9 Å². The molecule has 0 spiro atoms. The Balaban J connectivity index is 0.000000385. The zero-order chi connectivity index (χ0) is 18.5. The van der Waals surface area contributed by atoms with E-state index in [1.54, 1.807) is 12.1 Å². The Bertz CT molecular complexity index is 695. The normalized spacial score (nSPS) is 8.71. The molecule has 0 unspecified atom stereocenters. The molecule has 0 bridgehead atoms. The third kappa shape index (κ3) is 7.10. The highest BCUT2D eigenvalue weighted by atomic mass is 16.3. The van der Waals surface area contributed by atoms with Gasteiger partial charge in [-0.1, -0.05) is 73.5 Å². The molecular formula is C22H28O2. The van der Waals surface area contributed by atoms with Gasteiger partial charge in [0.15, 0.2) is 0 Å². The van der Waals surface area contributed by atoms with E-state index in [2.05, 4.69) is 38.1 Å². The molecule has 0 radical (unpaired) electrons. The van der Waals surface area contributed by atoms with Crippen molar-refractivity contribution in [2.75, 3.05) is 0 Å². The quantitative estimate of drug-likeness (QED) is 0.551. The second kappa shape index (κ2) is 11.9. The topological polar surface area (TPSA) is 37.3 Å². The molecule has 0 fully saturated rings. The molecule has 1 N–H and O–H groups in total. The standard InChI is InChI=1S/C11H10O.C8H10.C2H6.CH2O/c1-8-3-2-4-9-5-6-10(12)7-11(8)9;1-7-3-5-8(2)6-4-7;2*1-2/h2-7,12H,1H3;3-6H,1-2H3;1-2H3;1H2. The summed E-state index contributed by atoms with van der Waals surface area (Å²) in [5.41, 5.74) is 3.86. The maximum atomic E-state index is 9.25. The molecule has 0 amide bonds. The Hall–Kier alpha value is -2.61. The van der Waals surface area contributed by atoms with Crippen molar-refractivity contribution in [1.29, 1.82) is 0 Å². The predicted octanol–water partition coefficient (Wildman–Crippen LogP) is 6.00. The molecule has 0 heterocycles. The van der Waals surface area contributed by atoms with Gasteiger partial charge in [-0.15, -0.1) is 0 Å². The van der Waals surface area contributed by atoms with Gasteiger partial charge in [0.2, 0.25) is 0 Å². The van der Waals surface area contributed by atoms with Gasteiger partial charge in [-0.3, -0.25) is 0 Å². The summed E-state index contributed by atoms with van der Waals surface area (Å²) in [6.45, 7) is 12.2. The average molecular weight is 324 g/mol. The third-order valence-corrected chi connectivity index (χ3v) is 3.30. The summed E-state index contributed by atoms with van der Waals surface area (Å²) < 4.78 is 0. The van der Waals surface area contributed by atoms with Crippen molar-refractivity contribution in [3.8, 4) is 5.75 Å². The first-order valence-electron chi connectivity index (χ1n) is 8.07. The van der Waals surface area contributed by atoms with Crippen molar-refractivity contribution >= 4 is 17.6 Å². The molecule has 2 heteroatoms. The van der Waals surface area contributed by atoms with Crippen LogP contribution in [0.4, 0.5) is 0 Å². The summed E-state index contributed by atoms with van der Waals surface area (Å²) in [4.78, 5) is 8.00. The molecule has 128 valence electrons. The minimum Gasteiger partial charge on any atom is -0.508 e. The van der Waals surface area contributed by atoms with Gasteiger partial charge in [0.25, 0.3) is 0 Å². The second-order valence-corrected chi connectivity index (χ2v) is 5.14. The molecule has 24 heavy (non-hydrogen) atoms. The first-order chi connectivity index (χ1) is 11.6. The smallest absolute Gasteiger partial charge is 0.116 e. The van der Waals surface area contributed by atoms with E-state index in [1.165, 1.54) is 22.1 Å². The predicted molar refractivity (Wildman–Crippen MR) is 105 cm³/mol. The molecule has 0 atom stereocenters. The van der Waals surface area contributed by atoms with Crippen LogP contribution in [0.15, 0.2) is 60.7 Å². The first kappa shape index (κ1) is 21.4. The van der Waals surface area contributed by atoms with Crippen LogP contribution >= 0.6 is 0 Å². The summed E-state index contributed by atoms with van der Waals surface area (Å²) in [5.74, 6) is 0.330. The first-order valence-corrected chi connectivity index (χ1v) is 8.07. The monoisotopic (exact) mass is 324 g/mol. The van der Waals surface area contributed by atoms with Gasteiger partial charge in [0.1, 0.15) is 12.5 Å². The summed E-state index contributed by atoms with van der Waals surface area (Å²) in [5, 5.41) is 11.6. The Labute approximate surface area is 145 Å². The van der Waals surface area contributed by atoms with Crippen LogP contribution in [-0.2, 0) is 4.79 Å². The van der Waals surface area contributed by atoms with Crippen molar-refractivity contribution < 1.29 is 9.90 Å². The van der Waals surface area contributed by atoms with E-state index >= 15 is 0 Å². The number of fused-ring (bicyclic) bond motifs is 1. The van der Waals surface area contributed by atoms with E-state index < -0.39 is 0 Å². The van der Waals surface area contributed by atoms with Gasteiger partial charge in [0, 0.05) is 0 Å². The van der Waals surface area contributed by atoms with E-state index in [4.69, 9.17) is 4.79 Å². The molecule has 0 aliphatic rings. The number of aryl methyl sites for hydroxylation is 3. The summed E-state index contributed by atoms with van der Waals surface area (Å²) in [7, 11) is 0. The molecule has 3 aromatic rings. The number of phenolic OH excluding ortho intramolecular Hbond substituents is 1. The number of carbonyl (C=O) groups is 1. The van der Waals surface area contributed by atoms with Crippen molar-refractivity contribution in [2.45, 2.75) is 34.6 Å². The van der Waals surface area contributed by atoms with Crippen molar-refractivity contribution in [3.63, 3.8) is 0 Å². The fourth-order valence-corrected chi connectivity index (χ4v) is 2.05. The number of hydrogen-bond acceptors (Lipinski definition) is 2. The molecule has 0 saturated carbocycles. The van der Waals surface area contributed by atoms with E-state index in [9.17, 15) is 5.11 Å². The maximum Gasteiger partial charge on any atom is 0.116 e. The SMILES string of the molecule is C=O.CC.Cc1ccc(C)cc1.Cc1cccc2ccc(O)cc12. The highest BCUT2D eigenvalue weighted by Crippen LogP contribution is 2.22. The van der Waals surface area contributed by atoms with Crippen LogP contribution in [0, 0.1) is 20.8 Å². The molecule has 2 nitrogen and oxygen atoms in total. The van der Waals surface area contributed by atoms with Crippen molar-refractivity contribution in [2.24, 2.45) is 0 Å². The van der Waals surface area contributed by atoms with Gasteiger partial charge in [-0.05, 0) is 49.2 Å². The van der Waals surface area contributed by atoms with Gasteiger partial charge in [0.05, 0.1) is 0 Å². The zero-order valence-electron chi connectivity index (χ0n) is 15.3. The number of aromatic hydroxyl groups is 1. The Morgan fingerprint density at radius 3 is 1.75 bits per heavy atom. The number of rotatable bonds is 0. The summed E-state index contributed by atoms with van der Waals surface area (Å²) in [6, 6.07) is 20.0. The van der Waals surface area contributed by atoms with Crippen LogP contribution in [0.25, 0.3) is 10.8 Å². The average Bonchev–Trinajstić information content (AvgIpc) is 2.62. The molecule has 0 saturated heterocycles. The number of phenols is 1. The number of hydrogen-bond donors (Lipinski definition) is 1. The lowest BCUT2D eigenvalue weighted by molar-refractivity contribution is -0.0979. The molecular weight excluding hydrogens is 296 g/mol. The molecule has 0 aliphatic carbocycles. The van der Waals surface area contributed by atoms with Gasteiger partial charge in [-0.25, -0.2) is 0 Å². The Morgan fingerprint density at radius 1 is 0.750 bits per heavy atom. The van der Waals surface area contributed by atoms with Crippen LogP contribution < -0.4 is 0 Å². The molecule has 3 rings (SSSR count). The summed E-state index contributed by atoms with van der Waals surface area (Å²) >= 11 is 0. The molecule has 3 aromatic carbocycles. The lowest BCUT2D eigenvalue weighted by atomic mass is 10.1. The number of benzene rings is 3. The highest BCUT2D eigenvalue weighted by molar-refractivity contribution is 5.86. The maximum absolute atomic E-state index is 9.25. The van der Waals surface area contributed by atoms with E-state index in [-0.39, 0.29) is 0 Å². The number of carbonyl (C=O) groups excluding carboxylic acids is 1. The fraction of sp³-hybridized carbons (Fsp3) is 0.227. The lowest BCUT2D eigenvalue weighted by Crippen LogP contribution is -1.76. The van der Waals surface area contributed by atoms with E-state index in [0.717, 1.165) is 5.39 Å². The Kier molecular flexibility index (Phi) is 10.6. The lowest BCUT2D eigenvalue weighted by Gasteiger charge is -2.01. The minimum atomic E-state index is 0.330. The van der Waals surface area contributed by atoms with Crippen LogP contribution in [0.2, 0.25) is 0 Å². The third-order valence-electron chi connectivity index (χ3n) is 3.30. The van der Waals surface area contributed by atoms with Crippen molar-refractivity contribution in [3.05, 3.63) is 77.4 Å². The van der Waals surface area contributed by atoms with Gasteiger partial charge >= 0.3 is 0 Å². The zero-order valence-corrected chi connectivity index (χ0v) is 15.3.